The van der Waals surface area contributed by atoms with E-state index in [2.05, 4.69) is 86.8 Å². The Labute approximate surface area is 387 Å². The van der Waals surface area contributed by atoms with Crippen LogP contribution >= 0.6 is 0 Å². The van der Waals surface area contributed by atoms with Crippen LogP contribution < -0.4 is 0 Å². The molecule has 0 spiro atoms. The normalized spacial score (nSPS) is 20.2. The minimum absolute atomic E-state index is 0.132. The summed E-state index contributed by atoms with van der Waals surface area (Å²) >= 11 is 0. The number of carbonyl (C=O) groups is 2. The molecule has 6 atom stereocenters. The monoisotopic (exact) mass is 923 g/mol. The third-order valence-corrected chi connectivity index (χ3v) is 11.5. The summed E-state index contributed by atoms with van der Waals surface area (Å²) in [6.07, 6.45) is 42.2. The van der Waals surface area contributed by atoms with Gasteiger partial charge in [0.15, 0.2) is 12.4 Å². The van der Waals surface area contributed by atoms with E-state index in [0.29, 0.717) is 12.8 Å². The smallest absolute Gasteiger partial charge is 0.306 e. The average Bonchev–Trinajstić information content (AvgIpc) is 3.26. The Morgan fingerprint density at radius 2 is 0.984 bits per heavy atom. The summed E-state index contributed by atoms with van der Waals surface area (Å²) in [7, 11) is -4.61. The van der Waals surface area contributed by atoms with Crippen LogP contribution in [-0.2, 0) is 38.7 Å². The van der Waals surface area contributed by atoms with Gasteiger partial charge in [0.1, 0.15) is 36.8 Å². The second-order valence-corrected chi connectivity index (χ2v) is 18.2. The number of hydrogen-bond donors (Lipinski definition) is 4. The van der Waals surface area contributed by atoms with Gasteiger partial charge in [-0.3, -0.25) is 14.1 Å². The molecule has 6 unspecified atom stereocenters. The van der Waals surface area contributed by atoms with Gasteiger partial charge in [0.2, 0.25) is 0 Å². The standard InChI is InChI=1S/C51H86O12S/c1-3-5-7-9-11-13-15-17-19-21-22-24-25-27-29-31-33-35-37-39-46(52)60-41-44(42-61-51-50(56)49(55)48(54)45(63-51)43-64(57,58)59)62-47(53)40-38-36-34-32-30-28-26-23-20-18-16-14-12-10-8-6-4-2/h6,8,11-14,17-20,26,28,44-45,48-51,54-56H,3-5,7,9-10,15-16,21-25,27,29-43H2,1-2H3,(H,57,58,59)/b8-6-,13-11-,14-12-,19-17-,20-18-,28-26-. The van der Waals surface area contributed by atoms with Crippen molar-refractivity contribution >= 4 is 22.1 Å². The summed E-state index contributed by atoms with van der Waals surface area (Å²) in [6, 6.07) is 0. The highest BCUT2D eigenvalue weighted by Crippen LogP contribution is 2.24. The molecule has 1 rings (SSSR count). The van der Waals surface area contributed by atoms with Crippen LogP contribution in [0.15, 0.2) is 72.9 Å². The van der Waals surface area contributed by atoms with Crippen LogP contribution in [0.3, 0.4) is 0 Å². The van der Waals surface area contributed by atoms with Gasteiger partial charge in [0, 0.05) is 12.8 Å². The predicted octanol–water partition coefficient (Wildman–Crippen LogP) is 10.7. The zero-order chi connectivity index (χ0) is 46.9. The summed E-state index contributed by atoms with van der Waals surface area (Å²) in [5, 5.41) is 30.9. The van der Waals surface area contributed by atoms with Gasteiger partial charge in [-0.2, -0.15) is 8.42 Å². The highest BCUT2D eigenvalue weighted by molar-refractivity contribution is 7.85. The largest absolute Gasteiger partial charge is 0.462 e. The lowest BCUT2D eigenvalue weighted by molar-refractivity contribution is -0.297. The lowest BCUT2D eigenvalue weighted by Crippen LogP contribution is -2.60. The molecule has 12 nitrogen and oxygen atoms in total. The van der Waals surface area contributed by atoms with Crippen LogP contribution in [0, 0.1) is 0 Å². The van der Waals surface area contributed by atoms with Crippen molar-refractivity contribution in [2.75, 3.05) is 19.0 Å². The fraction of sp³-hybridized carbons (Fsp3) is 0.725. The van der Waals surface area contributed by atoms with Gasteiger partial charge in [-0.15, -0.1) is 0 Å². The first kappa shape index (κ1) is 59.1. The van der Waals surface area contributed by atoms with E-state index in [4.69, 9.17) is 18.9 Å². The minimum Gasteiger partial charge on any atom is -0.462 e. The van der Waals surface area contributed by atoms with Gasteiger partial charge in [-0.1, -0.05) is 157 Å². The number of carbonyl (C=O) groups excluding carboxylic acids is 2. The molecule has 4 N–H and O–H groups in total. The fourth-order valence-corrected chi connectivity index (χ4v) is 7.68. The van der Waals surface area contributed by atoms with E-state index >= 15 is 0 Å². The highest BCUT2D eigenvalue weighted by Gasteiger charge is 2.46. The lowest BCUT2D eigenvalue weighted by Gasteiger charge is -2.40. The number of ether oxygens (including phenoxy) is 4. The number of aliphatic hydroxyl groups excluding tert-OH is 3. The van der Waals surface area contributed by atoms with E-state index in [9.17, 15) is 37.9 Å². The molecular weight excluding hydrogens is 837 g/mol. The first-order chi connectivity index (χ1) is 31.0. The van der Waals surface area contributed by atoms with Crippen molar-refractivity contribution in [2.24, 2.45) is 0 Å². The molecule has 64 heavy (non-hydrogen) atoms. The molecule has 0 aromatic rings. The van der Waals surface area contributed by atoms with Crippen molar-refractivity contribution in [2.45, 2.75) is 218 Å². The van der Waals surface area contributed by atoms with Crippen LogP contribution in [0.25, 0.3) is 0 Å². The molecule has 0 saturated carbocycles. The van der Waals surface area contributed by atoms with Crippen molar-refractivity contribution in [3.63, 3.8) is 0 Å². The first-order valence-corrected chi connectivity index (χ1v) is 26.1. The predicted molar refractivity (Wildman–Crippen MR) is 256 cm³/mol. The molecule has 368 valence electrons. The summed E-state index contributed by atoms with van der Waals surface area (Å²) in [5.74, 6) is -2.03. The van der Waals surface area contributed by atoms with Crippen molar-refractivity contribution in [1.29, 1.82) is 0 Å². The fourth-order valence-electron chi connectivity index (χ4n) is 6.99. The van der Waals surface area contributed by atoms with Crippen molar-refractivity contribution in [3.05, 3.63) is 72.9 Å². The van der Waals surface area contributed by atoms with Gasteiger partial charge in [-0.05, 0) is 83.5 Å². The maximum Gasteiger partial charge on any atom is 0.306 e. The van der Waals surface area contributed by atoms with Gasteiger partial charge in [-0.25, -0.2) is 0 Å². The second-order valence-electron chi connectivity index (χ2n) is 16.7. The number of esters is 2. The Bertz CT molecular complexity index is 1450. The molecular formula is C51H86O12S. The van der Waals surface area contributed by atoms with Gasteiger partial charge < -0.3 is 34.3 Å². The molecule has 0 amide bonds. The molecule has 13 heteroatoms. The van der Waals surface area contributed by atoms with E-state index in [1.54, 1.807) is 0 Å². The van der Waals surface area contributed by atoms with E-state index in [-0.39, 0.29) is 19.4 Å². The van der Waals surface area contributed by atoms with Gasteiger partial charge >= 0.3 is 11.9 Å². The third-order valence-electron chi connectivity index (χ3n) is 10.8. The Hall–Kier alpha value is -2.91. The molecule has 0 aromatic heterocycles. The van der Waals surface area contributed by atoms with Crippen LogP contribution in [-0.4, -0.2) is 96.0 Å². The second kappa shape index (κ2) is 40.4. The van der Waals surface area contributed by atoms with Crippen LogP contribution in [0.1, 0.15) is 181 Å². The molecule has 0 aromatic carbocycles. The Balaban J connectivity index is 2.42. The minimum atomic E-state index is -4.61. The van der Waals surface area contributed by atoms with Gasteiger partial charge in [0.25, 0.3) is 10.1 Å². The van der Waals surface area contributed by atoms with Gasteiger partial charge in [0.05, 0.1) is 6.61 Å². The van der Waals surface area contributed by atoms with Crippen LogP contribution in [0.4, 0.5) is 0 Å². The highest BCUT2D eigenvalue weighted by atomic mass is 32.2. The molecule has 1 heterocycles. The number of allylic oxidation sites excluding steroid dienone is 12. The first-order valence-electron chi connectivity index (χ1n) is 24.5. The molecule has 0 radical (unpaired) electrons. The Morgan fingerprint density at radius 3 is 1.47 bits per heavy atom. The van der Waals surface area contributed by atoms with E-state index in [1.165, 1.54) is 57.8 Å². The van der Waals surface area contributed by atoms with Crippen molar-refractivity contribution in [3.8, 4) is 0 Å². The third kappa shape index (κ3) is 34.4. The van der Waals surface area contributed by atoms with Crippen LogP contribution in [0.5, 0.6) is 0 Å². The molecule has 1 aliphatic rings. The average molecular weight is 923 g/mol. The zero-order valence-electron chi connectivity index (χ0n) is 39.4. The number of aliphatic hydroxyl groups is 3. The maximum absolute atomic E-state index is 12.8. The number of unbranched alkanes of at least 4 members (excludes halogenated alkanes) is 16. The van der Waals surface area contributed by atoms with Crippen molar-refractivity contribution < 1.29 is 56.8 Å². The van der Waals surface area contributed by atoms with E-state index in [0.717, 1.165) is 83.5 Å². The van der Waals surface area contributed by atoms with Crippen molar-refractivity contribution in [1.82, 2.24) is 0 Å². The summed E-state index contributed by atoms with van der Waals surface area (Å²) in [5.41, 5.74) is 0. The molecule has 1 fully saturated rings. The SMILES string of the molecule is CC/C=C\C/C=C\C/C=C\C/C=C\CCCCCCC(=O)OC(COC(=O)CCCCCCCCCCC/C=C\C/C=C\CCCCC)COC1OC(CS(=O)(=O)O)C(O)C(O)C1O. The topological polar surface area (TPSA) is 186 Å². The van der Waals surface area contributed by atoms with E-state index in [1.807, 2.05) is 0 Å². The lowest BCUT2D eigenvalue weighted by atomic mass is 10.00. The number of hydrogen-bond acceptors (Lipinski definition) is 11. The molecule has 0 bridgehead atoms. The Morgan fingerprint density at radius 1 is 0.547 bits per heavy atom. The zero-order valence-corrected chi connectivity index (χ0v) is 40.2. The Kier molecular flexibility index (Phi) is 37.3. The summed E-state index contributed by atoms with van der Waals surface area (Å²) in [4.78, 5) is 25.5. The molecule has 0 aliphatic carbocycles. The maximum atomic E-state index is 12.8. The molecule has 1 aliphatic heterocycles. The van der Waals surface area contributed by atoms with Crippen LogP contribution in [0.2, 0.25) is 0 Å². The quantitative estimate of drug-likeness (QED) is 0.0198. The van der Waals surface area contributed by atoms with E-state index < -0.39 is 71.2 Å². The molecule has 1 saturated heterocycles. The number of rotatable bonds is 40. The summed E-state index contributed by atoms with van der Waals surface area (Å²) in [6.45, 7) is 3.60. The summed E-state index contributed by atoms with van der Waals surface area (Å²) < 4.78 is 54.2.